The van der Waals surface area contributed by atoms with E-state index in [1.54, 1.807) is 0 Å². The molecule has 0 saturated heterocycles. The largest absolute Gasteiger partial charge is 0.350 e. The molecule has 3 aliphatic carbocycles. The minimum Gasteiger partial charge on any atom is -0.350 e. The van der Waals surface area contributed by atoms with Crippen molar-refractivity contribution in [2.45, 2.75) is 58.7 Å². The number of hydrogen-bond acceptors (Lipinski definition) is 3. The number of nitrogens with zero attached hydrogens (tertiary/aromatic N) is 3. The van der Waals surface area contributed by atoms with Crippen molar-refractivity contribution in [1.82, 2.24) is 20.0 Å². The second-order valence-electron chi connectivity index (χ2n) is 9.12. The molecule has 140 valence electrons. The Morgan fingerprint density at radius 3 is 2.92 bits per heavy atom. The lowest BCUT2D eigenvalue weighted by Gasteiger charge is -2.23. The smallest absolute Gasteiger partial charge is 0.271 e. The quantitative estimate of drug-likeness (QED) is 0.846. The summed E-state index contributed by atoms with van der Waals surface area (Å²) in [6.45, 7) is 8.16. The van der Waals surface area contributed by atoms with Crippen LogP contribution in [0.4, 0.5) is 0 Å². The van der Waals surface area contributed by atoms with Crippen LogP contribution in [0.3, 0.4) is 0 Å². The van der Waals surface area contributed by atoms with Gasteiger partial charge in [0.25, 0.3) is 5.91 Å². The van der Waals surface area contributed by atoms with Gasteiger partial charge in [0.15, 0.2) is 0 Å². The van der Waals surface area contributed by atoms with E-state index in [0.29, 0.717) is 29.0 Å². The average Bonchev–Trinajstić information content (AvgIpc) is 3.20. The van der Waals surface area contributed by atoms with Crippen molar-refractivity contribution in [1.29, 1.82) is 0 Å². The Hall–Kier alpha value is -1.62. The third-order valence-corrected chi connectivity index (χ3v) is 7.38. The number of nitrogens with one attached hydrogen (secondary N) is 1. The summed E-state index contributed by atoms with van der Waals surface area (Å²) >= 11 is 0. The third-order valence-electron chi connectivity index (χ3n) is 7.38. The number of fused-ring (bicyclic) bond motifs is 1. The Labute approximate surface area is 155 Å². The molecule has 2 heterocycles. The van der Waals surface area contributed by atoms with Crippen LogP contribution in [0.15, 0.2) is 18.2 Å². The van der Waals surface area contributed by atoms with Crippen LogP contribution in [0, 0.1) is 23.2 Å². The van der Waals surface area contributed by atoms with E-state index in [2.05, 4.69) is 41.3 Å². The minimum absolute atomic E-state index is 0.00160. The molecule has 0 aromatic carbocycles. The van der Waals surface area contributed by atoms with E-state index in [-0.39, 0.29) is 5.91 Å². The molecule has 1 spiro atoms. The maximum atomic E-state index is 12.7. The summed E-state index contributed by atoms with van der Waals surface area (Å²) in [6, 6.07) is 2.52. The van der Waals surface area contributed by atoms with Gasteiger partial charge in [0, 0.05) is 32.2 Å². The van der Waals surface area contributed by atoms with Gasteiger partial charge in [0.1, 0.15) is 5.69 Å². The van der Waals surface area contributed by atoms with Crippen molar-refractivity contribution in [3.05, 3.63) is 29.6 Å². The summed E-state index contributed by atoms with van der Waals surface area (Å²) in [5, 5.41) is 7.79. The fourth-order valence-corrected chi connectivity index (χ4v) is 5.71. The first-order chi connectivity index (χ1) is 12.6. The van der Waals surface area contributed by atoms with Gasteiger partial charge < -0.3 is 5.32 Å². The van der Waals surface area contributed by atoms with E-state index in [9.17, 15) is 4.79 Å². The fourth-order valence-electron chi connectivity index (χ4n) is 5.71. The molecule has 0 radical (unpaired) electrons. The highest BCUT2D eigenvalue weighted by Crippen LogP contribution is 2.69. The van der Waals surface area contributed by atoms with E-state index >= 15 is 0 Å². The van der Waals surface area contributed by atoms with Gasteiger partial charge in [0.2, 0.25) is 0 Å². The Morgan fingerprint density at radius 1 is 1.35 bits per heavy atom. The highest BCUT2D eigenvalue weighted by atomic mass is 16.1. The summed E-state index contributed by atoms with van der Waals surface area (Å²) in [7, 11) is 0. The summed E-state index contributed by atoms with van der Waals surface area (Å²) < 4.78 is 2.04. The van der Waals surface area contributed by atoms with Crippen LogP contribution >= 0.6 is 0 Å². The van der Waals surface area contributed by atoms with Crippen molar-refractivity contribution in [2.75, 3.05) is 13.1 Å². The zero-order valence-electron chi connectivity index (χ0n) is 15.9. The van der Waals surface area contributed by atoms with Crippen LogP contribution in [0.25, 0.3) is 0 Å². The lowest BCUT2D eigenvalue weighted by atomic mass is 9.89. The van der Waals surface area contributed by atoms with E-state index in [1.807, 2.05) is 10.7 Å². The van der Waals surface area contributed by atoms with Gasteiger partial charge in [-0.05, 0) is 68.8 Å². The van der Waals surface area contributed by atoms with E-state index < -0.39 is 0 Å². The predicted molar refractivity (Wildman–Crippen MR) is 101 cm³/mol. The first-order valence-electron chi connectivity index (χ1n) is 10.3. The second-order valence-corrected chi connectivity index (χ2v) is 9.12. The normalized spacial score (nSPS) is 31.4. The van der Waals surface area contributed by atoms with Gasteiger partial charge in [-0.15, -0.1) is 0 Å². The Morgan fingerprint density at radius 2 is 2.19 bits per heavy atom. The zero-order chi connectivity index (χ0) is 17.9. The molecule has 26 heavy (non-hydrogen) atoms. The van der Waals surface area contributed by atoms with E-state index in [0.717, 1.165) is 38.5 Å². The number of rotatable bonds is 4. The zero-order valence-corrected chi connectivity index (χ0v) is 15.9. The van der Waals surface area contributed by atoms with Crippen LogP contribution in [0.5, 0.6) is 0 Å². The maximum Gasteiger partial charge on any atom is 0.271 e. The molecule has 5 heteroatoms. The number of aryl methyl sites for hydroxylation is 1. The number of hydrogen-bond donors (Lipinski definition) is 1. The lowest BCUT2D eigenvalue weighted by molar-refractivity contribution is 0.0938. The molecule has 1 aromatic heterocycles. The molecule has 1 amide bonds. The number of carbonyl (C=O) groups excluding carboxylic acids is 1. The van der Waals surface area contributed by atoms with Crippen LogP contribution in [0.1, 0.15) is 55.7 Å². The van der Waals surface area contributed by atoms with Crippen LogP contribution in [0.2, 0.25) is 0 Å². The molecular weight excluding hydrogens is 324 g/mol. The molecule has 2 saturated carbocycles. The van der Waals surface area contributed by atoms with E-state index in [1.165, 1.54) is 25.0 Å². The number of amides is 1. The lowest BCUT2D eigenvalue weighted by Crippen LogP contribution is -2.32. The Bertz CT molecular complexity index is 745. The molecule has 1 aliphatic heterocycles. The summed E-state index contributed by atoms with van der Waals surface area (Å²) in [4.78, 5) is 15.1. The minimum atomic E-state index is -0.00160. The topological polar surface area (TPSA) is 50.2 Å². The molecule has 3 atom stereocenters. The fraction of sp³-hybridized carbons (Fsp3) is 0.714. The van der Waals surface area contributed by atoms with Crippen molar-refractivity contribution in [3.8, 4) is 0 Å². The first-order valence-corrected chi connectivity index (χ1v) is 10.3. The van der Waals surface area contributed by atoms with Crippen LogP contribution in [-0.2, 0) is 13.1 Å². The Balaban J connectivity index is 1.23. The third kappa shape index (κ3) is 2.55. The standard InChI is InChI=1S/C21H30N4O/c1-14(2)24-8-3-9-25-17(13-24)11-19(23-25)20(26)22-12-15-10-16-4-5-18(15)21(16)6-7-21/h4-5,11,14-16,18H,3,6-10,12-13H2,1-2H3,(H,22,26)/t15-,16-,18-/m1/s1. The van der Waals surface area contributed by atoms with Gasteiger partial charge >= 0.3 is 0 Å². The van der Waals surface area contributed by atoms with E-state index in [4.69, 9.17) is 0 Å². The summed E-state index contributed by atoms with van der Waals surface area (Å²) in [5.74, 6) is 2.10. The molecular formula is C21H30N4O. The summed E-state index contributed by atoms with van der Waals surface area (Å²) in [5.41, 5.74) is 2.35. The summed E-state index contributed by atoms with van der Waals surface area (Å²) in [6.07, 6.45) is 9.98. The van der Waals surface area contributed by atoms with Crippen molar-refractivity contribution >= 4 is 5.91 Å². The second kappa shape index (κ2) is 5.95. The number of carbonyl (C=O) groups is 1. The predicted octanol–water partition coefficient (Wildman–Crippen LogP) is 2.83. The highest BCUT2D eigenvalue weighted by Gasteiger charge is 2.62. The van der Waals surface area contributed by atoms with Crippen molar-refractivity contribution in [2.24, 2.45) is 23.2 Å². The van der Waals surface area contributed by atoms with Gasteiger partial charge in [0.05, 0.1) is 5.69 Å². The molecule has 1 aromatic rings. The number of allylic oxidation sites excluding steroid dienone is 2. The van der Waals surface area contributed by atoms with Gasteiger partial charge in [-0.2, -0.15) is 5.10 Å². The van der Waals surface area contributed by atoms with Crippen LogP contribution in [-0.4, -0.2) is 39.7 Å². The molecule has 5 rings (SSSR count). The molecule has 1 N–H and O–H groups in total. The van der Waals surface area contributed by atoms with Gasteiger partial charge in [-0.1, -0.05) is 12.2 Å². The molecule has 4 aliphatic rings. The van der Waals surface area contributed by atoms with Crippen LogP contribution < -0.4 is 5.32 Å². The highest BCUT2D eigenvalue weighted by molar-refractivity contribution is 5.92. The number of aromatic nitrogens is 2. The maximum absolute atomic E-state index is 12.7. The molecule has 0 unspecified atom stereocenters. The molecule has 2 bridgehead atoms. The molecule has 5 nitrogen and oxygen atoms in total. The first kappa shape index (κ1) is 16.5. The monoisotopic (exact) mass is 354 g/mol. The Kier molecular flexibility index (Phi) is 3.78. The van der Waals surface area contributed by atoms with Crippen molar-refractivity contribution in [3.63, 3.8) is 0 Å². The van der Waals surface area contributed by atoms with Gasteiger partial charge in [-0.3, -0.25) is 14.4 Å². The van der Waals surface area contributed by atoms with Gasteiger partial charge in [-0.25, -0.2) is 0 Å². The van der Waals surface area contributed by atoms with Crippen molar-refractivity contribution < 1.29 is 4.79 Å². The average molecular weight is 354 g/mol. The SMILES string of the molecule is CC(C)N1CCCn2nc(C(=O)NC[C@H]3C[C@H]4C=C[C@H]3C43CC3)cc2C1. The molecule has 2 fully saturated rings.